The van der Waals surface area contributed by atoms with Gasteiger partial charge in [0.1, 0.15) is 0 Å². The quantitative estimate of drug-likeness (QED) is 0.467. The van der Waals surface area contributed by atoms with Gasteiger partial charge in [-0.2, -0.15) is 13.2 Å². The molecule has 0 bridgehead atoms. The number of unbranched alkanes of at least 4 members (excludes halogenated alkanes) is 1. The third-order valence-electron chi connectivity index (χ3n) is 2.89. The van der Waals surface area contributed by atoms with E-state index in [0.29, 0.717) is 12.0 Å². The largest absolute Gasteiger partial charge is 0.413 e. The van der Waals surface area contributed by atoms with Crippen LogP contribution >= 0.6 is 11.8 Å². The molecule has 4 heteroatoms. The van der Waals surface area contributed by atoms with Crippen molar-refractivity contribution in [3.63, 3.8) is 0 Å². The Bertz CT molecular complexity index is 407. The lowest BCUT2D eigenvalue weighted by atomic mass is 10.0. The van der Waals surface area contributed by atoms with Crippen molar-refractivity contribution in [3.8, 4) is 0 Å². The van der Waals surface area contributed by atoms with Crippen molar-refractivity contribution in [2.45, 2.75) is 44.2 Å². The molecule has 0 aliphatic rings. The number of alkyl halides is 3. The highest BCUT2D eigenvalue weighted by molar-refractivity contribution is 7.99. The van der Waals surface area contributed by atoms with E-state index < -0.39 is 6.18 Å². The Hall–Kier alpha value is -0.900. The third kappa shape index (κ3) is 5.72. The summed E-state index contributed by atoms with van der Waals surface area (Å²) in [6.45, 7) is 3.59. The lowest BCUT2D eigenvalue weighted by Crippen LogP contribution is -2.16. The molecule has 0 N–H and O–H groups in total. The van der Waals surface area contributed by atoms with Crippen molar-refractivity contribution >= 4 is 11.8 Å². The molecule has 106 valence electrons. The first-order valence-corrected chi connectivity index (χ1v) is 7.37. The molecule has 0 amide bonds. The summed E-state index contributed by atoms with van der Waals surface area (Å²) in [5, 5.41) is 0. The second-order valence-corrected chi connectivity index (χ2v) is 5.51. The maximum absolute atomic E-state index is 13.0. The van der Waals surface area contributed by atoms with E-state index >= 15 is 0 Å². The highest BCUT2D eigenvalue weighted by atomic mass is 32.2. The van der Waals surface area contributed by atoms with Crippen LogP contribution in [-0.2, 0) is 0 Å². The lowest BCUT2D eigenvalue weighted by Gasteiger charge is -2.15. The minimum atomic E-state index is -4.22. The molecule has 0 heterocycles. The summed E-state index contributed by atoms with van der Waals surface area (Å²) in [6.07, 6.45) is -1.98. The first kappa shape index (κ1) is 16.2. The van der Waals surface area contributed by atoms with E-state index in [1.807, 2.05) is 37.3 Å². The zero-order chi connectivity index (χ0) is 14.3. The molecule has 1 aromatic rings. The van der Waals surface area contributed by atoms with Gasteiger partial charge in [-0.3, -0.25) is 0 Å². The molecule has 0 radical (unpaired) electrons. The fourth-order valence-corrected chi connectivity index (χ4v) is 2.78. The molecule has 0 fully saturated rings. The molecule has 0 aliphatic heterocycles. The maximum Gasteiger partial charge on any atom is 0.413 e. The fourth-order valence-electron chi connectivity index (χ4n) is 1.71. The van der Waals surface area contributed by atoms with Gasteiger partial charge >= 0.3 is 6.18 Å². The molecule has 19 heavy (non-hydrogen) atoms. The highest BCUT2D eigenvalue weighted by Gasteiger charge is 2.34. The zero-order valence-corrected chi connectivity index (χ0v) is 12.1. The van der Waals surface area contributed by atoms with Gasteiger partial charge in [0.25, 0.3) is 0 Å². The van der Waals surface area contributed by atoms with Crippen molar-refractivity contribution in [3.05, 3.63) is 41.5 Å². The van der Waals surface area contributed by atoms with Crippen LogP contribution in [0.1, 0.15) is 33.1 Å². The predicted molar refractivity (Wildman–Crippen MR) is 75.4 cm³/mol. The van der Waals surface area contributed by atoms with Crippen LogP contribution in [0.3, 0.4) is 0 Å². The van der Waals surface area contributed by atoms with Crippen LogP contribution in [0.15, 0.2) is 46.4 Å². The van der Waals surface area contributed by atoms with E-state index in [1.165, 1.54) is 11.8 Å². The van der Waals surface area contributed by atoms with Crippen LogP contribution in [0.2, 0.25) is 0 Å². The summed E-state index contributed by atoms with van der Waals surface area (Å²) in [5.74, 6) is -0.0109. The number of allylic oxidation sites excluding steroid dienone is 1. The summed E-state index contributed by atoms with van der Waals surface area (Å²) >= 11 is 1.24. The highest BCUT2D eigenvalue weighted by Crippen LogP contribution is 2.34. The third-order valence-corrected chi connectivity index (χ3v) is 3.93. The molecule has 0 atom stereocenters. The van der Waals surface area contributed by atoms with Gasteiger partial charge in [0.2, 0.25) is 0 Å². The molecular weight excluding hydrogens is 269 g/mol. The Morgan fingerprint density at radius 3 is 2.32 bits per heavy atom. The smallest absolute Gasteiger partial charge is 0.166 e. The number of thioether (sulfide) groups is 1. The summed E-state index contributed by atoms with van der Waals surface area (Å²) in [7, 11) is 0. The lowest BCUT2D eigenvalue weighted by molar-refractivity contribution is -0.0917. The standard InChI is InChI=1S/C15H19F3S/c1-3-4-8-12(2)14(15(16,17)18)11-19-13-9-6-5-7-10-13/h5-7,9-10H,3-4,8,11H2,1-2H3/b14-12+. The summed E-state index contributed by atoms with van der Waals surface area (Å²) < 4.78 is 39.1. The molecule has 0 saturated heterocycles. The van der Waals surface area contributed by atoms with Crippen LogP contribution in [0, 0.1) is 0 Å². The number of hydrogen-bond acceptors (Lipinski definition) is 1. The van der Waals surface area contributed by atoms with E-state index in [9.17, 15) is 13.2 Å². The van der Waals surface area contributed by atoms with Gasteiger partial charge in [-0.05, 0) is 31.9 Å². The molecule has 0 aromatic heterocycles. The van der Waals surface area contributed by atoms with Gasteiger partial charge in [0.05, 0.1) is 0 Å². The number of hydrogen-bond donors (Lipinski definition) is 0. The summed E-state index contributed by atoms with van der Waals surface area (Å²) in [4.78, 5) is 0.868. The molecule has 0 aliphatic carbocycles. The number of benzene rings is 1. The van der Waals surface area contributed by atoms with Crippen LogP contribution < -0.4 is 0 Å². The number of halogens is 3. The van der Waals surface area contributed by atoms with Crippen molar-refractivity contribution in [2.75, 3.05) is 5.75 Å². The second-order valence-electron chi connectivity index (χ2n) is 4.46. The molecule has 0 saturated carbocycles. The summed E-state index contributed by atoms with van der Waals surface area (Å²) in [5.41, 5.74) is 0.0904. The summed E-state index contributed by atoms with van der Waals surface area (Å²) in [6, 6.07) is 9.20. The van der Waals surface area contributed by atoms with Gasteiger partial charge in [-0.1, -0.05) is 37.1 Å². The Morgan fingerprint density at radius 2 is 1.79 bits per heavy atom. The average Bonchev–Trinajstić information content (AvgIpc) is 2.36. The Labute approximate surface area is 117 Å². The zero-order valence-electron chi connectivity index (χ0n) is 11.3. The van der Waals surface area contributed by atoms with Crippen LogP contribution in [0.4, 0.5) is 13.2 Å². The van der Waals surface area contributed by atoms with Crippen LogP contribution in [0.25, 0.3) is 0 Å². The van der Waals surface area contributed by atoms with Crippen molar-refractivity contribution in [2.24, 2.45) is 0 Å². The van der Waals surface area contributed by atoms with E-state index in [0.717, 1.165) is 17.7 Å². The SMILES string of the molecule is CCCC/C(C)=C(\CSc1ccccc1)C(F)(F)F. The number of rotatable bonds is 6. The molecule has 0 nitrogen and oxygen atoms in total. The van der Waals surface area contributed by atoms with Gasteiger partial charge in [-0.25, -0.2) is 0 Å². The van der Waals surface area contributed by atoms with E-state index in [1.54, 1.807) is 6.92 Å². The van der Waals surface area contributed by atoms with Gasteiger partial charge in [0.15, 0.2) is 0 Å². The minimum Gasteiger partial charge on any atom is -0.166 e. The van der Waals surface area contributed by atoms with Crippen LogP contribution in [0.5, 0.6) is 0 Å². The van der Waals surface area contributed by atoms with Gasteiger partial charge in [0, 0.05) is 16.2 Å². The van der Waals surface area contributed by atoms with Crippen molar-refractivity contribution < 1.29 is 13.2 Å². The van der Waals surface area contributed by atoms with Gasteiger partial charge < -0.3 is 0 Å². The fraction of sp³-hybridized carbons (Fsp3) is 0.467. The second kappa shape index (κ2) is 7.63. The molecule has 1 aromatic carbocycles. The first-order chi connectivity index (χ1) is 8.95. The molecular formula is C15H19F3S. The predicted octanol–water partition coefficient (Wildman–Crippen LogP) is 5.85. The van der Waals surface area contributed by atoms with E-state index in [-0.39, 0.29) is 11.3 Å². The topological polar surface area (TPSA) is 0 Å². The Morgan fingerprint density at radius 1 is 1.16 bits per heavy atom. The molecule has 0 spiro atoms. The van der Waals surface area contributed by atoms with Crippen LogP contribution in [-0.4, -0.2) is 11.9 Å². The Kier molecular flexibility index (Phi) is 6.49. The normalized spacial score (nSPS) is 13.3. The maximum atomic E-state index is 13.0. The molecule has 0 unspecified atom stereocenters. The monoisotopic (exact) mass is 288 g/mol. The minimum absolute atomic E-state index is 0.0109. The van der Waals surface area contributed by atoms with E-state index in [4.69, 9.17) is 0 Å². The van der Waals surface area contributed by atoms with Crippen molar-refractivity contribution in [1.82, 2.24) is 0 Å². The Balaban J connectivity index is 2.76. The van der Waals surface area contributed by atoms with E-state index in [2.05, 4.69) is 0 Å². The van der Waals surface area contributed by atoms with Gasteiger partial charge in [-0.15, -0.1) is 11.8 Å². The molecule has 1 rings (SSSR count). The van der Waals surface area contributed by atoms with Crippen molar-refractivity contribution in [1.29, 1.82) is 0 Å². The first-order valence-electron chi connectivity index (χ1n) is 6.38. The average molecular weight is 288 g/mol.